The van der Waals surface area contributed by atoms with E-state index in [2.05, 4.69) is 29.5 Å². The van der Waals surface area contributed by atoms with Crippen LogP contribution in [-0.4, -0.2) is 50.6 Å². The van der Waals surface area contributed by atoms with Crippen molar-refractivity contribution in [2.45, 2.75) is 26.2 Å². The lowest BCUT2D eigenvalue weighted by atomic mass is 9.81. The summed E-state index contributed by atoms with van der Waals surface area (Å²) in [5, 5.41) is 6.53. The van der Waals surface area contributed by atoms with Crippen molar-refractivity contribution in [3.63, 3.8) is 0 Å². The maximum absolute atomic E-state index is 12.0. The maximum atomic E-state index is 12.0. The predicted molar refractivity (Wildman–Crippen MR) is 68.8 cm³/mol. The molecule has 0 aromatic heterocycles. The molecule has 0 spiro atoms. The van der Waals surface area contributed by atoms with E-state index in [4.69, 9.17) is 0 Å². The van der Waals surface area contributed by atoms with Crippen LogP contribution in [0.5, 0.6) is 0 Å². The first kappa shape index (κ1) is 12.8. The van der Waals surface area contributed by atoms with Crippen LogP contribution >= 0.6 is 0 Å². The molecule has 4 heteroatoms. The quantitative estimate of drug-likeness (QED) is 0.751. The summed E-state index contributed by atoms with van der Waals surface area (Å²) in [6, 6.07) is 0. The minimum atomic E-state index is 0.213. The zero-order valence-corrected chi connectivity index (χ0v) is 11.1. The zero-order chi connectivity index (χ0) is 12.3. The number of carbonyl (C=O) groups is 1. The summed E-state index contributed by atoms with van der Waals surface area (Å²) >= 11 is 0. The molecule has 2 heterocycles. The van der Waals surface area contributed by atoms with Crippen LogP contribution in [0, 0.1) is 11.3 Å². The molecule has 2 fully saturated rings. The van der Waals surface area contributed by atoms with E-state index in [1.165, 1.54) is 0 Å². The van der Waals surface area contributed by atoms with Crippen molar-refractivity contribution in [2.24, 2.45) is 11.3 Å². The molecule has 0 aromatic rings. The van der Waals surface area contributed by atoms with E-state index in [9.17, 15) is 4.79 Å². The largest absolute Gasteiger partial charge is 0.355 e. The van der Waals surface area contributed by atoms with Crippen LogP contribution in [0.2, 0.25) is 0 Å². The smallest absolute Gasteiger partial charge is 0.224 e. The van der Waals surface area contributed by atoms with Crippen molar-refractivity contribution in [1.29, 1.82) is 0 Å². The number of carbonyl (C=O) groups excluding carboxylic acids is 1. The second-order valence-corrected chi connectivity index (χ2v) is 6.03. The first-order valence-corrected chi connectivity index (χ1v) is 6.76. The van der Waals surface area contributed by atoms with Crippen LogP contribution in [0.3, 0.4) is 0 Å². The number of hydrogen-bond acceptors (Lipinski definition) is 3. The van der Waals surface area contributed by atoms with Crippen molar-refractivity contribution in [3.8, 4) is 0 Å². The number of nitrogens with one attached hydrogen (secondary N) is 2. The van der Waals surface area contributed by atoms with Crippen LogP contribution in [0.1, 0.15) is 26.2 Å². The highest BCUT2D eigenvalue weighted by atomic mass is 16.1. The molecule has 1 atom stereocenters. The fraction of sp³-hybridized carbons (Fsp3) is 0.923. The first-order chi connectivity index (χ1) is 8.09. The Morgan fingerprint density at radius 2 is 2.18 bits per heavy atom. The van der Waals surface area contributed by atoms with E-state index >= 15 is 0 Å². The second kappa shape index (κ2) is 5.36. The molecular formula is C13H25N3O. The summed E-state index contributed by atoms with van der Waals surface area (Å²) in [6.45, 7) is 7.27. The summed E-state index contributed by atoms with van der Waals surface area (Å²) < 4.78 is 0. The van der Waals surface area contributed by atoms with Crippen molar-refractivity contribution >= 4 is 5.91 Å². The molecule has 1 amide bonds. The van der Waals surface area contributed by atoms with Gasteiger partial charge >= 0.3 is 0 Å². The predicted octanol–water partition coefficient (Wildman–Crippen LogP) is 0.444. The highest BCUT2D eigenvalue weighted by Gasteiger charge is 2.30. The third-order valence-electron chi connectivity index (χ3n) is 4.26. The van der Waals surface area contributed by atoms with Gasteiger partial charge in [0.25, 0.3) is 0 Å². The molecule has 0 aliphatic carbocycles. The van der Waals surface area contributed by atoms with Gasteiger partial charge in [-0.3, -0.25) is 4.79 Å². The SMILES string of the molecule is CN1CCC(C(=O)NCC2(C)CCNCC2)C1. The molecule has 0 bridgehead atoms. The summed E-state index contributed by atoms with van der Waals surface area (Å²) in [5.74, 6) is 0.472. The number of hydrogen-bond donors (Lipinski definition) is 2. The highest BCUT2D eigenvalue weighted by Crippen LogP contribution is 2.27. The number of rotatable bonds is 3. The van der Waals surface area contributed by atoms with Gasteiger partial charge in [0.1, 0.15) is 0 Å². The number of likely N-dealkylation sites (tertiary alicyclic amines) is 1. The van der Waals surface area contributed by atoms with Crippen LogP contribution in [0.15, 0.2) is 0 Å². The minimum Gasteiger partial charge on any atom is -0.355 e. The Morgan fingerprint density at radius 3 is 2.76 bits per heavy atom. The molecule has 1 unspecified atom stereocenters. The van der Waals surface area contributed by atoms with Crippen LogP contribution in [0.25, 0.3) is 0 Å². The molecule has 0 saturated carbocycles. The second-order valence-electron chi connectivity index (χ2n) is 6.03. The van der Waals surface area contributed by atoms with Gasteiger partial charge in [-0.25, -0.2) is 0 Å². The monoisotopic (exact) mass is 239 g/mol. The van der Waals surface area contributed by atoms with E-state index < -0.39 is 0 Å². The molecule has 4 nitrogen and oxygen atoms in total. The van der Waals surface area contributed by atoms with Crippen molar-refractivity contribution in [3.05, 3.63) is 0 Å². The molecule has 0 radical (unpaired) electrons. The van der Waals surface area contributed by atoms with E-state index in [0.717, 1.165) is 52.0 Å². The van der Waals surface area contributed by atoms with Crippen LogP contribution in [-0.2, 0) is 4.79 Å². The molecule has 17 heavy (non-hydrogen) atoms. The third-order valence-corrected chi connectivity index (χ3v) is 4.26. The Morgan fingerprint density at radius 1 is 1.47 bits per heavy atom. The molecule has 2 N–H and O–H groups in total. The highest BCUT2D eigenvalue weighted by molar-refractivity contribution is 5.79. The van der Waals surface area contributed by atoms with E-state index in [0.29, 0.717) is 5.41 Å². The summed E-state index contributed by atoms with van der Waals surface area (Å²) in [5.41, 5.74) is 0.297. The number of piperidine rings is 1. The Kier molecular flexibility index (Phi) is 4.05. The number of nitrogens with zero attached hydrogens (tertiary/aromatic N) is 1. The zero-order valence-electron chi connectivity index (χ0n) is 11.1. The Bertz CT molecular complexity index is 274. The molecule has 2 aliphatic heterocycles. The Labute approximate surface area is 104 Å². The fourth-order valence-corrected chi connectivity index (χ4v) is 2.80. The topological polar surface area (TPSA) is 44.4 Å². The summed E-state index contributed by atoms with van der Waals surface area (Å²) in [7, 11) is 2.08. The van der Waals surface area contributed by atoms with Crippen LogP contribution < -0.4 is 10.6 Å². The lowest BCUT2D eigenvalue weighted by Gasteiger charge is -2.34. The van der Waals surface area contributed by atoms with Gasteiger partial charge < -0.3 is 15.5 Å². The van der Waals surface area contributed by atoms with Crippen molar-refractivity contribution < 1.29 is 4.79 Å². The van der Waals surface area contributed by atoms with E-state index in [1.54, 1.807) is 0 Å². The molecule has 98 valence electrons. The maximum Gasteiger partial charge on any atom is 0.224 e. The van der Waals surface area contributed by atoms with Gasteiger partial charge in [0.2, 0.25) is 5.91 Å². The van der Waals surface area contributed by atoms with Crippen molar-refractivity contribution in [1.82, 2.24) is 15.5 Å². The molecule has 0 aromatic carbocycles. The number of amides is 1. The third kappa shape index (κ3) is 3.42. The summed E-state index contributed by atoms with van der Waals surface area (Å²) in [4.78, 5) is 14.3. The Balaban J connectivity index is 1.75. The Hall–Kier alpha value is -0.610. The fourth-order valence-electron chi connectivity index (χ4n) is 2.80. The van der Waals surface area contributed by atoms with Gasteiger partial charge in [-0.2, -0.15) is 0 Å². The standard InChI is InChI=1S/C13H25N3O/c1-13(4-6-14-7-5-13)10-15-12(17)11-3-8-16(2)9-11/h11,14H,3-10H2,1-2H3,(H,15,17). The van der Waals surface area contributed by atoms with Gasteiger partial charge in [0, 0.05) is 13.1 Å². The molecule has 2 rings (SSSR count). The average Bonchev–Trinajstić information content (AvgIpc) is 2.74. The summed E-state index contributed by atoms with van der Waals surface area (Å²) in [6.07, 6.45) is 3.34. The van der Waals surface area contributed by atoms with Crippen molar-refractivity contribution in [2.75, 3.05) is 39.8 Å². The van der Waals surface area contributed by atoms with Gasteiger partial charge in [-0.15, -0.1) is 0 Å². The van der Waals surface area contributed by atoms with E-state index in [1.807, 2.05) is 0 Å². The van der Waals surface area contributed by atoms with Gasteiger partial charge in [-0.05, 0) is 51.4 Å². The van der Waals surface area contributed by atoms with Gasteiger partial charge in [0.05, 0.1) is 5.92 Å². The normalized spacial score (nSPS) is 29.2. The first-order valence-electron chi connectivity index (χ1n) is 6.76. The molecular weight excluding hydrogens is 214 g/mol. The lowest BCUT2D eigenvalue weighted by Crippen LogP contribution is -2.44. The average molecular weight is 239 g/mol. The lowest BCUT2D eigenvalue weighted by molar-refractivity contribution is -0.125. The van der Waals surface area contributed by atoms with Gasteiger partial charge in [-0.1, -0.05) is 6.92 Å². The molecule has 2 aliphatic rings. The minimum absolute atomic E-state index is 0.213. The van der Waals surface area contributed by atoms with Gasteiger partial charge in [0.15, 0.2) is 0 Å². The van der Waals surface area contributed by atoms with Crippen LogP contribution in [0.4, 0.5) is 0 Å². The van der Waals surface area contributed by atoms with E-state index in [-0.39, 0.29) is 11.8 Å². The molecule has 2 saturated heterocycles.